The van der Waals surface area contributed by atoms with E-state index in [0.29, 0.717) is 12.0 Å². The Hall–Kier alpha value is -0.990. The van der Waals surface area contributed by atoms with E-state index >= 15 is 0 Å². The zero-order chi connectivity index (χ0) is 8.69. The number of ether oxygens (including phenoxy) is 1. The van der Waals surface area contributed by atoms with E-state index in [9.17, 15) is 4.79 Å². The van der Waals surface area contributed by atoms with Crippen LogP contribution in [0.5, 0.6) is 0 Å². The average molecular weight is 158 g/mol. The summed E-state index contributed by atoms with van der Waals surface area (Å²) in [5, 5.41) is 8.59. The molecule has 11 heavy (non-hydrogen) atoms. The maximum absolute atomic E-state index is 10.8. The maximum atomic E-state index is 10.8. The van der Waals surface area contributed by atoms with Crippen LogP contribution >= 0.6 is 0 Å². The predicted octanol–water partition coefficient (Wildman–Crippen LogP) is 1.79. The average Bonchev–Trinajstić information content (AvgIpc) is 2.05. The fourth-order valence-electron chi connectivity index (χ4n) is 0.718. The minimum absolute atomic E-state index is 0.342. The van der Waals surface area contributed by atoms with Crippen LogP contribution in [0.4, 0.5) is 0 Å². The lowest BCUT2D eigenvalue weighted by Crippen LogP contribution is -2.04. The molecule has 0 radical (unpaired) electrons. The van der Waals surface area contributed by atoms with Gasteiger partial charge in [0, 0.05) is 0 Å². The Morgan fingerprint density at radius 1 is 1.64 bits per heavy atom. The monoisotopic (exact) mass is 158 g/mol. The SMILES string of the molecule is CCCCC(=CO)C(=O)OC. The second kappa shape index (κ2) is 5.77. The lowest BCUT2D eigenvalue weighted by Gasteiger charge is -2.01. The molecule has 0 saturated carbocycles. The van der Waals surface area contributed by atoms with E-state index < -0.39 is 5.97 Å². The second-order valence-corrected chi connectivity index (χ2v) is 2.25. The van der Waals surface area contributed by atoms with Gasteiger partial charge in [-0.2, -0.15) is 0 Å². The number of carbonyl (C=O) groups excluding carboxylic acids is 1. The predicted molar refractivity (Wildman–Crippen MR) is 42.3 cm³/mol. The molecule has 0 aliphatic heterocycles. The fourth-order valence-corrected chi connectivity index (χ4v) is 0.718. The van der Waals surface area contributed by atoms with Gasteiger partial charge in [-0.3, -0.25) is 0 Å². The third-order valence-electron chi connectivity index (χ3n) is 1.40. The van der Waals surface area contributed by atoms with Crippen molar-refractivity contribution in [3.8, 4) is 0 Å². The normalized spacial score (nSPS) is 11.3. The molecule has 0 bridgehead atoms. The molecule has 0 amide bonds. The quantitative estimate of drug-likeness (QED) is 0.385. The van der Waals surface area contributed by atoms with E-state index in [2.05, 4.69) is 4.74 Å². The Kier molecular flexibility index (Phi) is 5.25. The molecule has 0 heterocycles. The van der Waals surface area contributed by atoms with Crippen LogP contribution in [-0.4, -0.2) is 18.2 Å². The molecule has 0 aromatic carbocycles. The van der Waals surface area contributed by atoms with Gasteiger partial charge in [-0.25, -0.2) is 4.79 Å². The van der Waals surface area contributed by atoms with E-state index in [1.807, 2.05) is 6.92 Å². The van der Waals surface area contributed by atoms with Crippen LogP contribution in [0.2, 0.25) is 0 Å². The number of hydrogen-bond donors (Lipinski definition) is 1. The van der Waals surface area contributed by atoms with Crippen LogP contribution < -0.4 is 0 Å². The zero-order valence-corrected chi connectivity index (χ0v) is 6.96. The highest BCUT2D eigenvalue weighted by Gasteiger charge is 2.07. The van der Waals surface area contributed by atoms with Crippen molar-refractivity contribution in [3.05, 3.63) is 11.8 Å². The Bertz CT molecular complexity index is 149. The molecular weight excluding hydrogens is 144 g/mol. The number of carbonyl (C=O) groups is 1. The molecule has 64 valence electrons. The van der Waals surface area contributed by atoms with Gasteiger partial charge in [0.25, 0.3) is 0 Å². The van der Waals surface area contributed by atoms with E-state index in [-0.39, 0.29) is 0 Å². The summed E-state index contributed by atoms with van der Waals surface area (Å²) in [7, 11) is 1.30. The van der Waals surface area contributed by atoms with Crippen molar-refractivity contribution < 1.29 is 14.6 Å². The first kappa shape index (κ1) is 10.0. The van der Waals surface area contributed by atoms with Gasteiger partial charge in [0.05, 0.1) is 18.9 Å². The van der Waals surface area contributed by atoms with Gasteiger partial charge in [0.15, 0.2) is 0 Å². The molecular formula is C8H14O3. The molecule has 1 N–H and O–H groups in total. The second-order valence-electron chi connectivity index (χ2n) is 2.25. The molecule has 0 aromatic heterocycles. The van der Waals surface area contributed by atoms with Gasteiger partial charge in [0.2, 0.25) is 0 Å². The van der Waals surface area contributed by atoms with Gasteiger partial charge in [-0.1, -0.05) is 13.3 Å². The first-order valence-corrected chi connectivity index (χ1v) is 3.67. The summed E-state index contributed by atoms with van der Waals surface area (Å²) < 4.78 is 4.43. The third-order valence-corrected chi connectivity index (χ3v) is 1.40. The summed E-state index contributed by atoms with van der Waals surface area (Å²) in [4.78, 5) is 10.8. The molecule has 0 aromatic rings. The van der Waals surface area contributed by atoms with Gasteiger partial charge in [0.1, 0.15) is 0 Å². The molecule has 0 aliphatic rings. The highest BCUT2D eigenvalue weighted by atomic mass is 16.5. The Balaban J connectivity index is 3.87. The number of unbranched alkanes of at least 4 members (excludes halogenated alkanes) is 1. The molecule has 0 aliphatic carbocycles. The van der Waals surface area contributed by atoms with Gasteiger partial charge >= 0.3 is 5.97 Å². The number of rotatable bonds is 4. The van der Waals surface area contributed by atoms with E-state index in [0.717, 1.165) is 19.1 Å². The van der Waals surface area contributed by atoms with Crippen LogP contribution in [0.1, 0.15) is 26.2 Å². The molecule has 3 nitrogen and oxygen atoms in total. The van der Waals surface area contributed by atoms with Gasteiger partial charge in [-0.05, 0) is 12.8 Å². The lowest BCUT2D eigenvalue weighted by molar-refractivity contribution is -0.136. The molecule has 0 fully saturated rings. The Labute approximate surface area is 66.7 Å². The van der Waals surface area contributed by atoms with Crippen molar-refractivity contribution in [3.63, 3.8) is 0 Å². The maximum Gasteiger partial charge on any atom is 0.336 e. The summed E-state index contributed by atoms with van der Waals surface area (Å²) in [6, 6.07) is 0. The summed E-state index contributed by atoms with van der Waals surface area (Å²) in [5.74, 6) is -0.444. The number of methoxy groups -OCH3 is 1. The van der Waals surface area contributed by atoms with Crippen LogP contribution in [0.15, 0.2) is 11.8 Å². The van der Waals surface area contributed by atoms with Gasteiger partial charge < -0.3 is 9.84 Å². The fraction of sp³-hybridized carbons (Fsp3) is 0.625. The number of esters is 1. The third kappa shape index (κ3) is 3.65. The van der Waals surface area contributed by atoms with E-state index in [4.69, 9.17) is 5.11 Å². The van der Waals surface area contributed by atoms with Crippen LogP contribution in [0.25, 0.3) is 0 Å². The minimum Gasteiger partial charge on any atom is -0.515 e. The lowest BCUT2D eigenvalue weighted by atomic mass is 10.1. The molecule has 3 heteroatoms. The number of hydrogen-bond acceptors (Lipinski definition) is 3. The molecule has 0 rings (SSSR count). The van der Waals surface area contributed by atoms with Crippen LogP contribution in [-0.2, 0) is 9.53 Å². The molecule has 0 unspecified atom stereocenters. The Morgan fingerprint density at radius 3 is 2.64 bits per heavy atom. The molecule has 0 saturated heterocycles. The molecule has 0 spiro atoms. The summed E-state index contributed by atoms with van der Waals surface area (Å²) >= 11 is 0. The van der Waals surface area contributed by atoms with Crippen molar-refractivity contribution in [2.45, 2.75) is 26.2 Å². The number of aliphatic hydroxyl groups excluding tert-OH is 1. The van der Waals surface area contributed by atoms with Crippen molar-refractivity contribution >= 4 is 5.97 Å². The largest absolute Gasteiger partial charge is 0.515 e. The van der Waals surface area contributed by atoms with Crippen LogP contribution in [0.3, 0.4) is 0 Å². The first-order valence-electron chi connectivity index (χ1n) is 3.67. The standard InChI is InChI=1S/C8H14O3/c1-3-4-5-7(6-9)8(10)11-2/h6,9H,3-5H2,1-2H3. The number of aliphatic hydroxyl groups is 1. The van der Waals surface area contributed by atoms with Gasteiger partial charge in [-0.15, -0.1) is 0 Å². The van der Waals surface area contributed by atoms with Crippen molar-refractivity contribution in [1.82, 2.24) is 0 Å². The highest BCUT2D eigenvalue weighted by molar-refractivity contribution is 5.87. The highest BCUT2D eigenvalue weighted by Crippen LogP contribution is 2.07. The molecule has 0 atom stereocenters. The minimum atomic E-state index is -0.444. The Morgan fingerprint density at radius 2 is 2.27 bits per heavy atom. The topological polar surface area (TPSA) is 46.5 Å². The summed E-state index contributed by atoms with van der Waals surface area (Å²) in [6.07, 6.45) is 3.29. The van der Waals surface area contributed by atoms with E-state index in [1.54, 1.807) is 0 Å². The van der Waals surface area contributed by atoms with Crippen molar-refractivity contribution in [2.24, 2.45) is 0 Å². The smallest absolute Gasteiger partial charge is 0.336 e. The zero-order valence-electron chi connectivity index (χ0n) is 6.96. The first-order chi connectivity index (χ1) is 5.26. The summed E-state index contributed by atoms with van der Waals surface area (Å²) in [5.41, 5.74) is 0.342. The van der Waals surface area contributed by atoms with Crippen molar-refractivity contribution in [2.75, 3.05) is 7.11 Å². The summed E-state index contributed by atoms with van der Waals surface area (Å²) in [6.45, 7) is 2.02. The van der Waals surface area contributed by atoms with Crippen molar-refractivity contribution in [1.29, 1.82) is 0 Å². The van der Waals surface area contributed by atoms with Crippen LogP contribution in [0, 0.1) is 0 Å². The van der Waals surface area contributed by atoms with E-state index in [1.165, 1.54) is 7.11 Å².